The fourth-order valence-corrected chi connectivity index (χ4v) is 5.01. The van der Waals surface area contributed by atoms with Gasteiger partial charge in [0, 0.05) is 18.1 Å². The first-order valence-electron chi connectivity index (χ1n) is 12.3. The molecule has 5 rings (SSSR count). The van der Waals surface area contributed by atoms with Crippen LogP contribution in [-0.4, -0.2) is 47.3 Å². The van der Waals surface area contributed by atoms with E-state index in [2.05, 4.69) is 17.2 Å². The molecule has 2 N–H and O–H groups in total. The van der Waals surface area contributed by atoms with Gasteiger partial charge in [-0.1, -0.05) is 84.4 Å². The molecule has 3 aromatic rings. The van der Waals surface area contributed by atoms with Crippen LogP contribution >= 0.6 is 11.6 Å². The molecule has 7 nitrogen and oxygen atoms in total. The predicted octanol–water partition coefficient (Wildman–Crippen LogP) is 4.67. The summed E-state index contributed by atoms with van der Waals surface area (Å²) in [6, 6.07) is 24.1. The van der Waals surface area contributed by atoms with E-state index in [-0.39, 0.29) is 37.5 Å². The number of carbonyl (C=O) groups excluding carboxylic acids is 3. The Morgan fingerprint density at radius 1 is 1.03 bits per heavy atom. The molecule has 0 saturated carbocycles. The highest BCUT2D eigenvalue weighted by Crippen LogP contribution is 2.36. The number of amides is 4. The van der Waals surface area contributed by atoms with E-state index in [1.807, 2.05) is 60.7 Å². The maximum Gasteiger partial charge on any atom is 0.322 e. The van der Waals surface area contributed by atoms with Crippen molar-refractivity contribution in [3.63, 3.8) is 0 Å². The van der Waals surface area contributed by atoms with Crippen LogP contribution in [0.25, 0.3) is 11.1 Å². The molecule has 0 spiro atoms. The zero-order valence-electron chi connectivity index (χ0n) is 20.7. The minimum atomic E-state index is -0.652. The van der Waals surface area contributed by atoms with Gasteiger partial charge in [0.25, 0.3) is 5.91 Å². The summed E-state index contributed by atoms with van der Waals surface area (Å²) in [5.74, 6) is -0.569. The van der Waals surface area contributed by atoms with Gasteiger partial charge in [-0.3, -0.25) is 14.5 Å². The van der Waals surface area contributed by atoms with E-state index in [4.69, 9.17) is 11.6 Å². The second-order valence-electron chi connectivity index (χ2n) is 9.20. The summed E-state index contributed by atoms with van der Waals surface area (Å²) in [6.45, 7) is 4.36. The molecule has 0 aromatic heterocycles. The number of urea groups is 1. The van der Waals surface area contributed by atoms with E-state index in [9.17, 15) is 14.4 Å². The van der Waals surface area contributed by atoms with Crippen LogP contribution in [0, 0.1) is 0 Å². The lowest BCUT2D eigenvalue weighted by atomic mass is 9.95. The van der Waals surface area contributed by atoms with Crippen molar-refractivity contribution in [1.82, 2.24) is 20.4 Å². The first-order chi connectivity index (χ1) is 18.4. The fraction of sp³-hybridized carbons (Fsp3) is 0.167. The van der Waals surface area contributed by atoms with Crippen molar-refractivity contribution in [2.24, 2.45) is 0 Å². The Morgan fingerprint density at radius 3 is 2.47 bits per heavy atom. The Labute approximate surface area is 226 Å². The Hall–Kier alpha value is -4.36. The van der Waals surface area contributed by atoms with Crippen molar-refractivity contribution >= 4 is 29.4 Å². The Morgan fingerprint density at radius 2 is 1.76 bits per heavy atom. The van der Waals surface area contributed by atoms with Crippen LogP contribution in [0.2, 0.25) is 5.02 Å². The standard InChI is InChI=1S/C30H27ClN4O3/c1-2-15-35-25-18-34(29(37)27(25)28(33-30(35)38)23-9-6-10-24(31)16-23)19-26(36)32-17-20-11-13-22(14-12-20)21-7-4-3-5-8-21/h2-14,16,28H,1,15,17-19H2,(H,32,36)(H,33,38)/t28-/m0/s1. The molecule has 3 aromatic carbocycles. The summed E-state index contributed by atoms with van der Waals surface area (Å²) in [6.07, 6.45) is 1.60. The van der Waals surface area contributed by atoms with Gasteiger partial charge in [0.15, 0.2) is 0 Å². The van der Waals surface area contributed by atoms with Gasteiger partial charge in [-0.05, 0) is 34.4 Å². The molecule has 0 bridgehead atoms. The lowest BCUT2D eigenvalue weighted by molar-refractivity contribution is -0.132. The van der Waals surface area contributed by atoms with Gasteiger partial charge in [0.05, 0.1) is 23.9 Å². The van der Waals surface area contributed by atoms with E-state index in [1.165, 1.54) is 9.80 Å². The third-order valence-corrected chi connectivity index (χ3v) is 6.91. The van der Waals surface area contributed by atoms with Crippen molar-refractivity contribution < 1.29 is 14.4 Å². The number of halogens is 1. The number of hydrogen-bond donors (Lipinski definition) is 2. The molecule has 0 radical (unpaired) electrons. The molecular formula is C30H27ClN4O3. The molecule has 192 valence electrons. The molecule has 38 heavy (non-hydrogen) atoms. The van der Waals surface area contributed by atoms with Crippen LogP contribution in [-0.2, 0) is 16.1 Å². The fourth-order valence-electron chi connectivity index (χ4n) is 4.81. The molecule has 0 fully saturated rings. The average molecular weight is 527 g/mol. The van der Waals surface area contributed by atoms with Crippen molar-refractivity contribution in [1.29, 1.82) is 0 Å². The summed E-state index contributed by atoms with van der Waals surface area (Å²) in [5.41, 5.74) is 4.90. The van der Waals surface area contributed by atoms with Crippen molar-refractivity contribution in [2.75, 3.05) is 19.6 Å². The topological polar surface area (TPSA) is 81.8 Å². The largest absolute Gasteiger partial charge is 0.350 e. The molecule has 0 saturated heterocycles. The number of nitrogens with zero attached hydrogens (tertiary/aromatic N) is 2. The van der Waals surface area contributed by atoms with Crippen molar-refractivity contribution in [2.45, 2.75) is 12.6 Å². The molecule has 1 atom stereocenters. The quantitative estimate of drug-likeness (QED) is 0.418. The molecule has 2 aliphatic rings. The van der Waals surface area contributed by atoms with Crippen molar-refractivity contribution in [3.05, 3.63) is 119 Å². The minimum absolute atomic E-state index is 0.119. The van der Waals surface area contributed by atoms with E-state index < -0.39 is 6.04 Å². The highest BCUT2D eigenvalue weighted by molar-refractivity contribution is 6.30. The first-order valence-corrected chi connectivity index (χ1v) is 12.7. The SMILES string of the molecule is C=CCN1C(=O)N[C@@H](c2cccc(Cl)c2)C2=C1CN(CC(=O)NCc1ccc(-c3ccccc3)cc1)C2=O. The summed E-state index contributed by atoms with van der Waals surface area (Å²) in [4.78, 5) is 42.2. The van der Waals surface area contributed by atoms with Crippen LogP contribution in [0.5, 0.6) is 0 Å². The third kappa shape index (κ3) is 5.19. The molecular weight excluding hydrogens is 500 g/mol. The average Bonchev–Trinajstić information content (AvgIpc) is 3.25. The molecule has 8 heteroatoms. The molecule has 2 aliphatic heterocycles. The molecule has 4 amide bonds. The van der Waals surface area contributed by atoms with Gasteiger partial charge >= 0.3 is 6.03 Å². The van der Waals surface area contributed by atoms with Gasteiger partial charge < -0.3 is 15.5 Å². The number of carbonyl (C=O) groups is 3. The summed E-state index contributed by atoms with van der Waals surface area (Å²) in [7, 11) is 0. The van der Waals surface area contributed by atoms with E-state index in [0.29, 0.717) is 28.4 Å². The smallest absolute Gasteiger partial charge is 0.322 e. The first kappa shape index (κ1) is 25.3. The van der Waals surface area contributed by atoms with Crippen molar-refractivity contribution in [3.8, 4) is 11.1 Å². The lowest BCUT2D eigenvalue weighted by Gasteiger charge is -2.33. The highest BCUT2D eigenvalue weighted by atomic mass is 35.5. The Kier molecular flexibility index (Phi) is 7.29. The Balaban J connectivity index is 1.27. The second-order valence-corrected chi connectivity index (χ2v) is 9.63. The number of rotatable bonds is 8. The third-order valence-electron chi connectivity index (χ3n) is 6.68. The predicted molar refractivity (Wildman–Crippen MR) is 147 cm³/mol. The zero-order chi connectivity index (χ0) is 26.6. The van der Waals surface area contributed by atoms with Gasteiger partial charge in [0.1, 0.15) is 6.54 Å². The lowest BCUT2D eigenvalue weighted by Crippen LogP contribution is -2.47. The number of benzene rings is 3. The second kappa shape index (κ2) is 10.9. The molecule has 0 aliphatic carbocycles. The van der Waals surface area contributed by atoms with Crippen LogP contribution in [0.1, 0.15) is 17.2 Å². The number of hydrogen-bond acceptors (Lipinski definition) is 3. The minimum Gasteiger partial charge on any atom is -0.350 e. The molecule has 2 heterocycles. The summed E-state index contributed by atoms with van der Waals surface area (Å²) < 4.78 is 0. The van der Waals surface area contributed by atoms with Gasteiger partial charge in [0.2, 0.25) is 5.91 Å². The summed E-state index contributed by atoms with van der Waals surface area (Å²) in [5, 5.41) is 6.31. The zero-order valence-corrected chi connectivity index (χ0v) is 21.4. The van der Waals surface area contributed by atoms with E-state index in [1.54, 1.807) is 24.3 Å². The van der Waals surface area contributed by atoms with Crippen LogP contribution in [0.4, 0.5) is 4.79 Å². The van der Waals surface area contributed by atoms with Gasteiger partial charge in [-0.2, -0.15) is 0 Å². The molecule has 0 unspecified atom stereocenters. The van der Waals surface area contributed by atoms with Crippen LogP contribution in [0.3, 0.4) is 0 Å². The van der Waals surface area contributed by atoms with Gasteiger partial charge in [-0.25, -0.2) is 4.79 Å². The summed E-state index contributed by atoms with van der Waals surface area (Å²) >= 11 is 6.18. The highest BCUT2D eigenvalue weighted by Gasteiger charge is 2.44. The van der Waals surface area contributed by atoms with Crippen LogP contribution in [0.15, 0.2) is 103 Å². The van der Waals surface area contributed by atoms with Crippen LogP contribution < -0.4 is 10.6 Å². The maximum absolute atomic E-state index is 13.5. The maximum atomic E-state index is 13.5. The monoisotopic (exact) mass is 526 g/mol. The number of nitrogens with one attached hydrogen (secondary N) is 2. The normalized spacial score (nSPS) is 16.8. The van der Waals surface area contributed by atoms with Gasteiger partial charge in [-0.15, -0.1) is 6.58 Å². The van der Waals surface area contributed by atoms with E-state index in [0.717, 1.165) is 16.7 Å². The van der Waals surface area contributed by atoms with E-state index >= 15 is 0 Å². The Bertz CT molecular complexity index is 1420.